The minimum absolute atomic E-state index is 0.00335. The van der Waals surface area contributed by atoms with Crippen LogP contribution in [0.1, 0.15) is 399 Å². The Morgan fingerprint density at radius 3 is 0.964 bits per heavy atom. The molecule has 8 nitrogen and oxygen atoms in total. The van der Waals surface area contributed by atoms with Crippen LogP contribution in [0.3, 0.4) is 0 Å². The molecule has 0 aromatic carbocycles. The Labute approximate surface area is 525 Å². The Morgan fingerprint density at radius 2 is 0.667 bits per heavy atom. The molecule has 0 aromatic heterocycles. The lowest BCUT2D eigenvalue weighted by molar-refractivity contribution is -0.870. The Kier molecular flexibility index (Phi) is 65.6. The highest BCUT2D eigenvalue weighted by Gasteiger charge is 2.23. The molecule has 0 aromatic rings. The van der Waals surface area contributed by atoms with Gasteiger partial charge in [0.15, 0.2) is 0 Å². The predicted octanol–water partition coefficient (Wildman–Crippen LogP) is 23.6. The summed E-state index contributed by atoms with van der Waals surface area (Å²) in [6.45, 7) is 4.70. The molecule has 0 heterocycles. The number of quaternary nitrogens is 1. The second kappa shape index (κ2) is 66.4. The topological polar surface area (TPSA) is 108 Å². The van der Waals surface area contributed by atoms with Gasteiger partial charge < -0.3 is 28.8 Å². The van der Waals surface area contributed by atoms with Crippen LogP contribution in [-0.4, -0.2) is 68.5 Å². The summed E-state index contributed by atoms with van der Waals surface area (Å²) in [5, 5.41) is 14.0. The normalized spacial score (nSPS) is 13.7. The summed E-state index contributed by atoms with van der Waals surface area (Å²) < 4.78 is 23.5. The van der Waals surface area contributed by atoms with E-state index in [-0.39, 0.29) is 19.1 Å². The first-order valence-electron chi connectivity index (χ1n) is 37.7. The Balaban J connectivity index is 3.98. The fraction of sp³-hybridized carbons (Fsp3) is 0.933. The monoisotopic (exact) mass is 1210 g/mol. The second-order valence-corrected chi connectivity index (χ2v) is 28.8. The molecule has 0 bridgehead atoms. The highest BCUT2D eigenvalue weighted by atomic mass is 31.2. The van der Waals surface area contributed by atoms with Crippen molar-refractivity contribution in [1.82, 2.24) is 5.32 Å². The minimum atomic E-state index is -4.61. The van der Waals surface area contributed by atoms with Crippen molar-refractivity contribution in [3.05, 3.63) is 24.3 Å². The van der Waals surface area contributed by atoms with Gasteiger partial charge in [-0.3, -0.25) is 9.36 Å². The molecule has 0 aliphatic heterocycles. The standard InChI is InChI=1S/C75H149N2O6P/c1-6-8-10-12-14-16-18-20-22-24-26-28-30-32-34-35-36-37-38-39-40-41-42-43-45-47-49-51-53-55-57-59-61-63-65-67-69-75(79)76-73(72-83-84(80,81)82-71-70-77(3,4)5)74(78)68-66-64-62-60-58-56-54-52-50-48-46-44-33-31-29-27-25-23-21-19-17-15-13-11-9-7-2/h58,60,66,68,73-74,78H,6-57,59,61-65,67,69-72H2,1-5H3,(H-,76,79,80,81)/b60-58+,68-66+. The number of phosphoric acid groups is 1. The summed E-state index contributed by atoms with van der Waals surface area (Å²) in [4.78, 5) is 25.6. The zero-order chi connectivity index (χ0) is 61.2. The van der Waals surface area contributed by atoms with Gasteiger partial charge in [0.05, 0.1) is 39.9 Å². The molecule has 1 amide bonds. The number of nitrogens with one attached hydrogen (secondary N) is 1. The molecule has 0 saturated carbocycles. The zero-order valence-electron chi connectivity index (χ0n) is 57.4. The van der Waals surface area contributed by atoms with E-state index >= 15 is 0 Å². The molecule has 3 atom stereocenters. The second-order valence-electron chi connectivity index (χ2n) is 27.4. The van der Waals surface area contributed by atoms with Crippen LogP contribution in [0.15, 0.2) is 24.3 Å². The van der Waals surface area contributed by atoms with Crippen molar-refractivity contribution in [2.75, 3.05) is 40.9 Å². The Morgan fingerprint density at radius 1 is 0.405 bits per heavy atom. The average Bonchev–Trinajstić information content (AvgIpc) is 3.56. The fourth-order valence-corrected chi connectivity index (χ4v) is 12.5. The van der Waals surface area contributed by atoms with Crippen LogP contribution < -0.4 is 10.2 Å². The SMILES string of the molecule is CCCCCCCCCCCCCCCCCCCCCC/C=C/CC/C=C/C(O)C(COP(=O)([O-])OCC[N+](C)(C)C)NC(=O)CCCCCCCCCCCCCCCCCCCCCCCCCCCCCCCCCCCCCC. The van der Waals surface area contributed by atoms with Crippen LogP contribution in [0.2, 0.25) is 0 Å². The van der Waals surface area contributed by atoms with E-state index in [9.17, 15) is 19.4 Å². The van der Waals surface area contributed by atoms with Crippen molar-refractivity contribution < 1.29 is 32.9 Å². The molecule has 2 N–H and O–H groups in total. The molecular formula is C75H149N2O6P. The van der Waals surface area contributed by atoms with Gasteiger partial charge in [-0.2, -0.15) is 0 Å². The van der Waals surface area contributed by atoms with Gasteiger partial charge in [0, 0.05) is 6.42 Å². The lowest BCUT2D eigenvalue weighted by Gasteiger charge is -2.29. The van der Waals surface area contributed by atoms with E-state index in [1.807, 2.05) is 27.2 Å². The van der Waals surface area contributed by atoms with E-state index in [0.29, 0.717) is 17.4 Å². The molecule has 0 fully saturated rings. The summed E-state index contributed by atoms with van der Waals surface area (Å²) in [6, 6.07) is -0.902. The summed E-state index contributed by atoms with van der Waals surface area (Å²) in [6.07, 6.45) is 87.7. The number of carbonyl (C=O) groups is 1. The number of nitrogens with zero attached hydrogens (tertiary/aromatic N) is 1. The molecular weight excluding hydrogens is 1060 g/mol. The number of hydrogen-bond donors (Lipinski definition) is 2. The van der Waals surface area contributed by atoms with E-state index in [2.05, 4.69) is 31.3 Å². The average molecular weight is 1210 g/mol. The van der Waals surface area contributed by atoms with Gasteiger partial charge in [-0.15, -0.1) is 0 Å². The lowest BCUT2D eigenvalue weighted by Crippen LogP contribution is -2.45. The van der Waals surface area contributed by atoms with Crippen molar-refractivity contribution in [3.8, 4) is 0 Å². The van der Waals surface area contributed by atoms with Gasteiger partial charge in [-0.25, -0.2) is 0 Å². The van der Waals surface area contributed by atoms with Crippen molar-refractivity contribution in [1.29, 1.82) is 0 Å². The van der Waals surface area contributed by atoms with Crippen LogP contribution >= 0.6 is 7.82 Å². The molecule has 9 heteroatoms. The number of allylic oxidation sites excluding steroid dienone is 3. The minimum Gasteiger partial charge on any atom is -0.756 e. The van der Waals surface area contributed by atoms with Crippen LogP contribution in [-0.2, 0) is 18.4 Å². The molecule has 0 rings (SSSR count). The zero-order valence-corrected chi connectivity index (χ0v) is 58.3. The van der Waals surface area contributed by atoms with E-state index in [1.165, 1.54) is 340 Å². The van der Waals surface area contributed by atoms with Gasteiger partial charge in [-0.1, -0.05) is 385 Å². The van der Waals surface area contributed by atoms with E-state index in [4.69, 9.17) is 9.05 Å². The van der Waals surface area contributed by atoms with E-state index in [1.54, 1.807) is 6.08 Å². The Hall–Kier alpha value is -1.02. The Bertz CT molecular complexity index is 1420. The van der Waals surface area contributed by atoms with Gasteiger partial charge >= 0.3 is 0 Å². The molecule has 84 heavy (non-hydrogen) atoms. The lowest BCUT2D eigenvalue weighted by atomic mass is 10.0. The molecule has 0 spiro atoms. The van der Waals surface area contributed by atoms with Crippen LogP contribution in [0.5, 0.6) is 0 Å². The van der Waals surface area contributed by atoms with E-state index in [0.717, 1.165) is 38.5 Å². The number of amides is 1. The number of unbranched alkanes of at least 4 members (excludes halogenated alkanes) is 56. The third kappa shape index (κ3) is 68.5. The van der Waals surface area contributed by atoms with Gasteiger partial charge in [-0.05, 0) is 32.1 Å². The predicted molar refractivity (Wildman–Crippen MR) is 367 cm³/mol. The summed E-state index contributed by atoms with van der Waals surface area (Å²) in [5.74, 6) is -0.197. The largest absolute Gasteiger partial charge is 0.756 e. The first kappa shape index (κ1) is 83.0. The smallest absolute Gasteiger partial charge is 0.268 e. The first-order chi connectivity index (χ1) is 41.0. The van der Waals surface area contributed by atoms with Crippen molar-refractivity contribution >= 4 is 13.7 Å². The molecule has 0 aliphatic rings. The highest BCUT2D eigenvalue weighted by Crippen LogP contribution is 2.38. The quantitative estimate of drug-likeness (QED) is 0.0272. The van der Waals surface area contributed by atoms with Crippen molar-refractivity contribution in [3.63, 3.8) is 0 Å². The van der Waals surface area contributed by atoms with E-state index < -0.39 is 20.0 Å². The van der Waals surface area contributed by atoms with Gasteiger partial charge in [0.25, 0.3) is 7.82 Å². The van der Waals surface area contributed by atoms with Crippen LogP contribution in [0, 0.1) is 0 Å². The first-order valence-corrected chi connectivity index (χ1v) is 39.2. The number of hydrogen-bond acceptors (Lipinski definition) is 6. The molecule has 3 unspecified atom stereocenters. The molecule has 0 saturated heterocycles. The number of carbonyl (C=O) groups excluding carboxylic acids is 1. The fourth-order valence-electron chi connectivity index (χ4n) is 11.8. The number of phosphoric ester groups is 1. The highest BCUT2D eigenvalue weighted by molar-refractivity contribution is 7.45. The molecule has 0 radical (unpaired) electrons. The van der Waals surface area contributed by atoms with Crippen molar-refractivity contribution in [2.24, 2.45) is 0 Å². The summed E-state index contributed by atoms with van der Waals surface area (Å²) >= 11 is 0. The summed E-state index contributed by atoms with van der Waals surface area (Å²) in [7, 11) is 1.27. The number of likely N-dealkylation sites (N-methyl/N-ethyl adjacent to an activating group) is 1. The number of aliphatic hydroxyl groups excluding tert-OH is 1. The third-order valence-electron chi connectivity index (χ3n) is 17.7. The maximum atomic E-state index is 13.0. The van der Waals surface area contributed by atoms with Gasteiger partial charge in [0.1, 0.15) is 13.2 Å². The number of rotatable bonds is 71. The van der Waals surface area contributed by atoms with Crippen LogP contribution in [0.4, 0.5) is 0 Å². The third-order valence-corrected chi connectivity index (χ3v) is 18.6. The van der Waals surface area contributed by atoms with Crippen molar-refractivity contribution in [2.45, 2.75) is 411 Å². The summed E-state index contributed by atoms with van der Waals surface area (Å²) in [5.41, 5.74) is 0. The maximum Gasteiger partial charge on any atom is 0.268 e. The number of aliphatic hydroxyl groups is 1. The van der Waals surface area contributed by atoms with Gasteiger partial charge in [0.2, 0.25) is 5.91 Å². The molecule has 0 aliphatic carbocycles. The van der Waals surface area contributed by atoms with Crippen LogP contribution in [0.25, 0.3) is 0 Å². The maximum absolute atomic E-state index is 13.0. The molecule has 500 valence electrons.